The van der Waals surface area contributed by atoms with Crippen molar-refractivity contribution < 1.29 is 0 Å². The Bertz CT molecular complexity index is 143. The number of hydrogen-bond acceptors (Lipinski definition) is 2. The Morgan fingerprint density at radius 1 is 1.33 bits per heavy atom. The van der Waals surface area contributed by atoms with Gasteiger partial charge in [-0.3, -0.25) is 0 Å². The molecule has 0 spiro atoms. The second-order valence-corrected chi connectivity index (χ2v) is 6.18. The van der Waals surface area contributed by atoms with Gasteiger partial charge in [-0.15, -0.1) is 0 Å². The molecule has 0 amide bonds. The van der Waals surface area contributed by atoms with Gasteiger partial charge in [0.1, 0.15) is 0 Å². The fraction of sp³-hybridized carbons (Fsp3) is 1.00. The average molecular weight is 229 g/mol. The van der Waals surface area contributed by atoms with Gasteiger partial charge in [0.25, 0.3) is 0 Å². The van der Waals surface area contributed by atoms with E-state index in [1.807, 2.05) is 0 Å². The van der Waals surface area contributed by atoms with Gasteiger partial charge in [0.2, 0.25) is 0 Å². The third kappa shape index (κ3) is 6.47. The van der Waals surface area contributed by atoms with Crippen LogP contribution in [0.4, 0.5) is 0 Å². The zero-order valence-corrected chi connectivity index (χ0v) is 11.2. The largest absolute Gasteiger partial charge is 0.314 e. The Labute approximate surface area is 99.8 Å². The second-order valence-electron chi connectivity index (χ2n) is 4.77. The van der Waals surface area contributed by atoms with Crippen LogP contribution in [0.15, 0.2) is 0 Å². The van der Waals surface area contributed by atoms with E-state index in [0.717, 1.165) is 5.25 Å². The van der Waals surface area contributed by atoms with Crippen LogP contribution < -0.4 is 5.32 Å². The summed E-state index contributed by atoms with van der Waals surface area (Å²) in [4.78, 5) is 0. The zero-order valence-electron chi connectivity index (χ0n) is 10.4. The molecule has 0 aliphatic heterocycles. The molecule has 1 saturated carbocycles. The van der Waals surface area contributed by atoms with Crippen LogP contribution >= 0.6 is 11.8 Å². The summed E-state index contributed by atoms with van der Waals surface area (Å²) >= 11 is 2.22. The van der Waals surface area contributed by atoms with Gasteiger partial charge in [-0.05, 0) is 51.3 Å². The number of hydrogen-bond donors (Lipinski definition) is 1. The molecule has 1 aliphatic rings. The van der Waals surface area contributed by atoms with Gasteiger partial charge in [-0.25, -0.2) is 0 Å². The highest BCUT2D eigenvalue weighted by molar-refractivity contribution is 7.99. The lowest BCUT2D eigenvalue weighted by Gasteiger charge is -2.13. The molecule has 0 aromatic rings. The maximum Gasteiger partial charge on any atom is 0.00470 e. The molecule has 1 N–H and O–H groups in total. The molecule has 15 heavy (non-hydrogen) atoms. The van der Waals surface area contributed by atoms with Crippen LogP contribution in [0.25, 0.3) is 0 Å². The van der Waals surface area contributed by atoms with Gasteiger partial charge >= 0.3 is 0 Å². The summed E-state index contributed by atoms with van der Waals surface area (Å²) < 4.78 is 0. The average Bonchev–Trinajstić information content (AvgIpc) is 2.74. The topological polar surface area (TPSA) is 12.0 Å². The van der Waals surface area contributed by atoms with Crippen molar-refractivity contribution in [2.45, 2.75) is 70.1 Å². The molecule has 0 bridgehead atoms. The number of rotatable bonds is 8. The van der Waals surface area contributed by atoms with Crippen molar-refractivity contribution in [3.05, 3.63) is 0 Å². The van der Waals surface area contributed by atoms with Gasteiger partial charge < -0.3 is 5.32 Å². The van der Waals surface area contributed by atoms with Crippen molar-refractivity contribution in [3.8, 4) is 0 Å². The summed E-state index contributed by atoms with van der Waals surface area (Å²) in [5, 5.41) is 4.56. The Morgan fingerprint density at radius 2 is 2.07 bits per heavy atom. The van der Waals surface area contributed by atoms with E-state index in [1.165, 1.54) is 57.2 Å². The van der Waals surface area contributed by atoms with Gasteiger partial charge in [0.15, 0.2) is 0 Å². The minimum Gasteiger partial charge on any atom is -0.314 e. The van der Waals surface area contributed by atoms with Crippen LogP contribution in [0.3, 0.4) is 0 Å². The molecule has 0 saturated heterocycles. The Morgan fingerprint density at radius 3 is 2.73 bits per heavy atom. The number of thioether (sulfide) groups is 1. The minimum atomic E-state index is 0.717. The van der Waals surface area contributed by atoms with Crippen molar-refractivity contribution in [2.24, 2.45) is 0 Å². The molecule has 90 valence electrons. The van der Waals surface area contributed by atoms with E-state index >= 15 is 0 Å². The van der Waals surface area contributed by atoms with Crippen LogP contribution in [-0.4, -0.2) is 23.6 Å². The maximum absolute atomic E-state index is 3.55. The predicted octanol–water partition coefficient (Wildman–Crippen LogP) is 3.83. The predicted molar refractivity (Wildman–Crippen MR) is 71.7 cm³/mol. The van der Waals surface area contributed by atoms with Gasteiger partial charge in [0.05, 0.1) is 0 Å². The summed E-state index contributed by atoms with van der Waals surface area (Å²) in [6.07, 6.45) is 9.90. The second kappa shape index (κ2) is 8.46. The molecule has 0 aromatic carbocycles. The van der Waals surface area contributed by atoms with Gasteiger partial charge in [-0.1, -0.05) is 19.8 Å². The first-order valence-corrected chi connectivity index (χ1v) is 7.72. The summed E-state index contributed by atoms with van der Waals surface area (Å²) in [6, 6.07) is 0.717. The summed E-state index contributed by atoms with van der Waals surface area (Å²) in [5.74, 6) is 1.38. The highest BCUT2D eigenvalue weighted by atomic mass is 32.2. The summed E-state index contributed by atoms with van der Waals surface area (Å²) in [6.45, 7) is 5.72. The molecule has 1 fully saturated rings. The first-order valence-electron chi connectivity index (χ1n) is 6.68. The van der Waals surface area contributed by atoms with Crippen LogP contribution in [0.1, 0.15) is 58.8 Å². The van der Waals surface area contributed by atoms with E-state index in [9.17, 15) is 0 Å². The lowest BCUT2D eigenvalue weighted by atomic mass is 10.2. The molecular weight excluding hydrogens is 202 g/mol. The van der Waals surface area contributed by atoms with E-state index in [0.29, 0.717) is 6.04 Å². The smallest absolute Gasteiger partial charge is 0.00470 e. The van der Waals surface area contributed by atoms with E-state index in [1.54, 1.807) is 0 Å². The molecule has 1 aliphatic carbocycles. The molecule has 0 heterocycles. The van der Waals surface area contributed by atoms with Crippen LogP contribution in [0, 0.1) is 0 Å². The molecule has 1 unspecified atom stereocenters. The summed E-state index contributed by atoms with van der Waals surface area (Å²) in [7, 11) is 0. The SMILES string of the molecule is CCCNC(C)CCCSC1CCCC1. The molecule has 0 radical (unpaired) electrons. The van der Waals surface area contributed by atoms with Crippen LogP contribution in [-0.2, 0) is 0 Å². The highest BCUT2D eigenvalue weighted by Crippen LogP contribution is 2.29. The van der Waals surface area contributed by atoms with Crippen molar-refractivity contribution in [1.29, 1.82) is 0 Å². The van der Waals surface area contributed by atoms with Gasteiger partial charge in [0, 0.05) is 11.3 Å². The third-order valence-electron chi connectivity index (χ3n) is 3.18. The Hall–Kier alpha value is 0.310. The van der Waals surface area contributed by atoms with E-state index in [2.05, 4.69) is 30.9 Å². The van der Waals surface area contributed by atoms with Crippen molar-refractivity contribution in [3.63, 3.8) is 0 Å². The third-order valence-corrected chi connectivity index (χ3v) is 4.65. The zero-order chi connectivity index (χ0) is 10.9. The Balaban J connectivity index is 1.87. The molecule has 1 nitrogen and oxygen atoms in total. The van der Waals surface area contributed by atoms with E-state index in [-0.39, 0.29) is 0 Å². The van der Waals surface area contributed by atoms with E-state index < -0.39 is 0 Å². The maximum atomic E-state index is 3.55. The van der Waals surface area contributed by atoms with Crippen LogP contribution in [0.2, 0.25) is 0 Å². The lowest BCUT2D eigenvalue weighted by Crippen LogP contribution is -2.26. The quantitative estimate of drug-likeness (QED) is 0.635. The standard InChI is InChI=1S/C13H27NS/c1-3-10-14-12(2)7-6-11-15-13-8-4-5-9-13/h12-14H,3-11H2,1-2H3. The molecule has 0 aromatic heterocycles. The fourth-order valence-electron chi connectivity index (χ4n) is 2.19. The van der Waals surface area contributed by atoms with Crippen molar-refractivity contribution in [2.75, 3.05) is 12.3 Å². The number of nitrogens with one attached hydrogen (secondary N) is 1. The molecule has 2 heteroatoms. The molecule has 1 rings (SSSR count). The highest BCUT2D eigenvalue weighted by Gasteiger charge is 2.14. The molecular formula is C13H27NS. The monoisotopic (exact) mass is 229 g/mol. The summed E-state index contributed by atoms with van der Waals surface area (Å²) in [5.41, 5.74) is 0. The lowest BCUT2D eigenvalue weighted by molar-refractivity contribution is 0.510. The first kappa shape index (κ1) is 13.4. The molecule has 1 atom stereocenters. The van der Waals surface area contributed by atoms with Crippen molar-refractivity contribution >= 4 is 11.8 Å². The van der Waals surface area contributed by atoms with Gasteiger partial charge in [-0.2, -0.15) is 11.8 Å². The first-order chi connectivity index (χ1) is 7.33. The minimum absolute atomic E-state index is 0.717. The van der Waals surface area contributed by atoms with Crippen molar-refractivity contribution in [1.82, 2.24) is 5.32 Å². The normalized spacial score (nSPS) is 19.6. The van der Waals surface area contributed by atoms with E-state index in [4.69, 9.17) is 0 Å². The fourth-order valence-corrected chi connectivity index (χ4v) is 3.52. The Kier molecular flexibility index (Phi) is 7.54. The van der Waals surface area contributed by atoms with Crippen LogP contribution in [0.5, 0.6) is 0 Å².